The Labute approximate surface area is 199 Å². The highest BCUT2D eigenvalue weighted by Crippen LogP contribution is 2.67. The summed E-state index contributed by atoms with van der Waals surface area (Å²) in [6, 6.07) is 0. The normalized spacial score (nSPS) is 42.8. The molecule has 0 bridgehead atoms. The molecule has 0 unspecified atom stereocenters. The Hall–Kier alpha value is -2.32. The van der Waals surface area contributed by atoms with Crippen LogP contribution in [0.2, 0.25) is 0 Å². The minimum absolute atomic E-state index is 0.00980. The largest absolute Gasteiger partial charge is 0.481 e. The smallest absolute Gasteiger partial charge is 0.306 e. The first-order chi connectivity index (χ1) is 15.8. The number of esters is 1. The third-order valence-corrected chi connectivity index (χ3v) is 9.34. The number of carbonyl (C=O) groups excluding carboxylic acids is 3. The quantitative estimate of drug-likeness (QED) is 0.498. The van der Waals surface area contributed by atoms with Crippen LogP contribution in [0.15, 0.2) is 23.8 Å². The lowest BCUT2D eigenvalue weighted by Crippen LogP contribution is -2.62. The molecular formula is C26H34O8. The molecule has 8 heteroatoms. The third-order valence-electron chi connectivity index (χ3n) is 9.34. The molecule has 0 heterocycles. The van der Waals surface area contributed by atoms with Crippen LogP contribution < -0.4 is 0 Å². The molecule has 3 saturated carbocycles. The van der Waals surface area contributed by atoms with Gasteiger partial charge in [-0.15, -0.1) is 0 Å². The van der Waals surface area contributed by atoms with Crippen molar-refractivity contribution >= 4 is 23.5 Å². The number of ketones is 2. The molecule has 4 aliphatic carbocycles. The van der Waals surface area contributed by atoms with Crippen LogP contribution in [0.5, 0.6) is 0 Å². The van der Waals surface area contributed by atoms with Gasteiger partial charge in [0.1, 0.15) is 5.60 Å². The molecule has 0 spiro atoms. The number of allylic oxidation sites excluding steroid dienone is 4. The molecule has 0 aromatic heterocycles. The van der Waals surface area contributed by atoms with E-state index in [0.717, 1.165) is 12.0 Å². The van der Waals surface area contributed by atoms with Crippen LogP contribution in [0.25, 0.3) is 0 Å². The van der Waals surface area contributed by atoms with Gasteiger partial charge >= 0.3 is 11.9 Å². The first-order valence-corrected chi connectivity index (χ1v) is 12.1. The number of carbonyl (C=O) groups is 4. The maximum absolute atomic E-state index is 13.1. The summed E-state index contributed by atoms with van der Waals surface area (Å²) in [6.07, 6.45) is 5.52. The molecular weight excluding hydrogens is 440 g/mol. The highest BCUT2D eigenvalue weighted by molar-refractivity contribution is 6.01. The summed E-state index contributed by atoms with van der Waals surface area (Å²) in [5.41, 5.74) is -2.04. The van der Waals surface area contributed by atoms with Gasteiger partial charge in [-0.2, -0.15) is 0 Å². The van der Waals surface area contributed by atoms with Gasteiger partial charge in [-0.1, -0.05) is 32.4 Å². The molecule has 0 aliphatic heterocycles. The number of rotatable bonds is 6. The van der Waals surface area contributed by atoms with E-state index in [0.29, 0.717) is 6.42 Å². The molecule has 8 nitrogen and oxygen atoms in total. The zero-order chi connectivity index (χ0) is 25.1. The van der Waals surface area contributed by atoms with Gasteiger partial charge in [-0.3, -0.25) is 19.2 Å². The number of aliphatic hydroxyl groups is 2. The Morgan fingerprint density at radius 3 is 2.59 bits per heavy atom. The van der Waals surface area contributed by atoms with Crippen LogP contribution in [-0.4, -0.2) is 57.1 Å². The molecule has 0 saturated heterocycles. The molecule has 0 amide bonds. The van der Waals surface area contributed by atoms with Crippen LogP contribution in [0, 0.1) is 34.5 Å². The number of aliphatic hydroxyl groups excluding tert-OH is 1. The lowest BCUT2D eigenvalue weighted by Gasteiger charge is -2.60. The van der Waals surface area contributed by atoms with E-state index in [1.807, 2.05) is 13.0 Å². The van der Waals surface area contributed by atoms with E-state index in [-0.39, 0.29) is 55.1 Å². The van der Waals surface area contributed by atoms with Crippen LogP contribution >= 0.6 is 0 Å². The van der Waals surface area contributed by atoms with Gasteiger partial charge in [-0.05, 0) is 55.6 Å². The van der Waals surface area contributed by atoms with Crippen molar-refractivity contribution in [3.8, 4) is 0 Å². The summed E-state index contributed by atoms with van der Waals surface area (Å²) in [5.74, 6) is -2.51. The van der Waals surface area contributed by atoms with Crippen molar-refractivity contribution in [2.45, 2.75) is 71.0 Å². The second-order valence-electron chi connectivity index (χ2n) is 11.1. The summed E-state index contributed by atoms with van der Waals surface area (Å²) in [4.78, 5) is 47.7. The summed E-state index contributed by atoms with van der Waals surface area (Å²) in [7, 11) is 0. The molecule has 3 fully saturated rings. The standard InChI is InChI=1S/C26H34O8/c1-14-10-16-17-7-9-26(33,20(29)13-34-22(32)5-4-21(30)31)25(17,3)12-19(28)23(16)24(2)8-6-15(27)11-18(14)24/h6,8,11,14,16-17,19,23,28,33H,4-5,7,9-10,12-13H2,1-3H3,(H,30,31)/t14-,16-,17-,19-,23+,24-,25-,26+/m0/s1. The minimum atomic E-state index is -1.74. The predicted octanol–water partition coefficient (Wildman–Crippen LogP) is 2.22. The zero-order valence-corrected chi connectivity index (χ0v) is 20.0. The highest BCUT2D eigenvalue weighted by atomic mass is 16.5. The van der Waals surface area contributed by atoms with Crippen LogP contribution in [0.4, 0.5) is 0 Å². The van der Waals surface area contributed by atoms with Crippen molar-refractivity contribution < 1.29 is 39.2 Å². The lowest BCUT2D eigenvalue weighted by molar-refractivity contribution is -0.182. The van der Waals surface area contributed by atoms with Crippen LogP contribution in [0.1, 0.15) is 59.3 Å². The Bertz CT molecular complexity index is 981. The van der Waals surface area contributed by atoms with E-state index in [1.54, 1.807) is 12.2 Å². The van der Waals surface area contributed by atoms with E-state index in [4.69, 9.17) is 9.84 Å². The van der Waals surface area contributed by atoms with E-state index in [2.05, 4.69) is 13.8 Å². The second-order valence-corrected chi connectivity index (χ2v) is 11.1. The van der Waals surface area contributed by atoms with Gasteiger partial charge in [0, 0.05) is 16.7 Å². The van der Waals surface area contributed by atoms with Crippen molar-refractivity contribution in [3.05, 3.63) is 23.8 Å². The Morgan fingerprint density at radius 1 is 1.21 bits per heavy atom. The van der Waals surface area contributed by atoms with Crippen LogP contribution in [0.3, 0.4) is 0 Å². The maximum atomic E-state index is 13.1. The van der Waals surface area contributed by atoms with Gasteiger partial charge in [-0.25, -0.2) is 0 Å². The Kier molecular flexibility index (Phi) is 6.13. The van der Waals surface area contributed by atoms with Crippen molar-refractivity contribution in [3.63, 3.8) is 0 Å². The molecule has 3 N–H and O–H groups in total. The first kappa shape index (κ1) is 24.8. The number of hydrogen-bond donors (Lipinski definition) is 3. The summed E-state index contributed by atoms with van der Waals surface area (Å²) in [5, 5.41) is 31.7. The molecule has 0 aromatic carbocycles. The first-order valence-electron chi connectivity index (χ1n) is 12.1. The average Bonchev–Trinajstić information content (AvgIpc) is 3.03. The van der Waals surface area contributed by atoms with Crippen molar-refractivity contribution in [2.24, 2.45) is 34.5 Å². The highest BCUT2D eigenvalue weighted by Gasteiger charge is 2.68. The topological polar surface area (TPSA) is 138 Å². The van der Waals surface area contributed by atoms with Gasteiger partial charge in [0.2, 0.25) is 5.78 Å². The summed E-state index contributed by atoms with van der Waals surface area (Å²) >= 11 is 0. The molecule has 186 valence electrons. The fourth-order valence-electron chi connectivity index (χ4n) is 7.76. The summed E-state index contributed by atoms with van der Waals surface area (Å²) < 4.78 is 4.98. The summed E-state index contributed by atoms with van der Waals surface area (Å²) in [6.45, 7) is 5.40. The number of fused-ring (bicyclic) bond motifs is 5. The van der Waals surface area contributed by atoms with Crippen molar-refractivity contribution in [1.82, 2.24) is 0 Å². The number of Topliss-reactive ketones (excluding diaryl/α,β-unsaturated/α-hetero) is 1. The lowest BCUT2D eigenvalue weighted by atomic mass is 9.45. The SMILES string of the molecule is C[C@H]1C[C@@H]2[C@H]([C@@H](O)C[C@@]3(C)[C@H]2CC[C@@]3(O)C(=O)COC(=O)CCC(=O)O)[C@@]2(C)C=CC(=O)C=C12. The van der Waals surface area contributed by atoms with E-state index >= 15 is 0 Å². The molecule has 8 atom stereocenters. The molecule has 4 aliphatic rings. The molecule has 4 rings (SSSR count). The number of carboxylic acid groups (broad SMARTS) is 1. The number of hydrogen-bond acceptors (Lipinski definition) is 7. The van der Waals surface area contributed by atoms with Crippen molar-refractivity contribution in [1.29, 1.82) is 0 Å². The molecule has 34 heavy (non-hydrogen) atoms. The molecule has 0 aromatic rings. The van der Waals surface area contributed by atoms with E-state index in [9.17, 15) is 29.4 Å². The number of aliphatic carboxylic acids is 1. The Morgan fingerprint density at radius 2 is 1.91 bits per heavy atom. The predicted molar refractivity (Wildman–Crippen MR) is 120 cm³/mol. The Balaban J connectivity index is 1.56. The fraction of sp³-hybridized carbons (Fsp3) is 0.692. The fourth-order valence-corrected chi connectivity index (χ4v) is 7.76. The second kappa shape index (κ2) is 8.41. The van der Waals surface area contributed by atoms with E-state index in [1.165, 1.54) is 0 Å². The number of ether oxygens (including phenoxy) is 1. The third kappa shape index (κ3) is 3.66. The van der Waals surface area contributed by atoms with Crippen molar-refractivity contribution in [2.75, 3.05) is 6.61 Å². The maximum Gasteiger partial charge on any atom is 0.306 e. The zero-order valence-electron chi connectivity index (χ0n) is 20.0. The van der Waals surface area contributed by atoms with Gasteiger partial charge in [0.05, 0.1) is 18.9 Å². The van der Waals surface area contributed by atoms with E-state index < -0.39 is 46.9 Å². The molecule has 0 radical (unpaired) electrons. The minimum Gasteiger partial charge on any atom is -0.481 e. The van der Waals surface area contributed by atoms with Gasteiger partial charge in [0.15, 0.2) is 12.4 Å². The van der Waals surface area contributed by atoms with Gasteiger partial charge in [0.25, 0.3) is 0 Å². The van der Waals surface area contributed by atoms with Crippen LogP contribution in [-0.2, 0) is 23.9 Å². The number of carboxylic acids is 1. The van der Waals surface area contributed by atoms with Gasteiger partial charge < -0.3 is 20.1 Å². The average molecular weight is 475 g/mol. The monoisotopic (exact) mass is 474 g/mol.